The zero-order valence-electron chi connectivity index (χ0n) is 11.1. The van der Waals surface area contributed by atoms with Crippen molar-refractivity contribution >= 4 is 17.2 Å². The van der Waals surface area contributed by atoms with E-state index in [-0.39, 0.29) is 5.91 Å². The Morgan fingerprint density at radius 1 is 1.26 bits per heavy atom. The molecule has 1 aromatic heterocycles. The van der Waals surface area contributed by atoms with Crippen LogP contribution in [-0.4, -0.2) is 5.91 Å². The van der Waals surface area contributed by atoms with Crippen LogP contribution in [-0.2, 0) is 11.3 Å². The van der Waals surface area contributed by atoms with Gasteiger partial charge in [0.2, 0.25) is 5.91 Å². The van der Waals surface area contributed by atoms with Gasteiger partial charge in [0, 0.05) is 4.88 Å². The van der Waals surface area contributed by atoms with Crippen molar-refractivity contribution in [3.05, 3.63) is 57.3 Å². The molecule has 100 valence electrons. The van der Waals surface area contributed by atoms with Crippen molar-refractivity contribution in [1.29, 1.82) is 0 Å². The molecule has 3 nitrogen and oxygen atoms in total. The van der Waals surface area contributed by atoms with Gasteiger partial charge < -0.3 is 11.1 Å². The summed E-state index contributed by atoms with van der Waals surface area (Å²) in [5.74, 6) is -0.142. The fraction of sp³-hybridized carbons (Fsp3) is 0.267. The number of thiophene rings is 1. The molecule has 1 unspecified atom stereocenters. The highest BCUT2D eigenvalue weighted by Crippen LogP contribution is 2.16. The Hall–Kier alpha value is -1.65. The predicted molar refractivity (Wildman–Crippen MR) is 79.0 cm³/mol. The van der Waals surface area contributed by atoms with Crippen LogP contribution in [0.1, 0.15) is 27.6 Å². The number of carbonyl (C=O) groups is 1. The van der Waals surface area contributed by atoms with Gasteiger partial charge >= 0.3 is 0 Å². The lowest BCUT2D eigenvalue weighted by Crippen LogP contribution is -2.33. The van der Waals surface area contributed by atoms with E-state index in [0.717, 1.165) is 11.1 Å². The van der Waals surface area contributed by atoms with Crippen LogP contribution >= 0.6 is 11.3 Å². The lowest BCUT2D eigenvalue weighted by molar-refractivity contribution is -0.122. The highest BCUT2D eigenvalue weighted by atomic mass is 32.1. The number of carbonyl (C=O) groups excluding carboxylic acids is 1. The smallest absolute Gasteiger partial charge is 0.241 e. The summed E-state index contributed by atoms with van der Waals surface area (Å²) in [5, 5.41) is 4.91. The summed E-state index contributed by atoms with van der Waals surface area (Å²) in [7, 11) is 0. The third-order valence-electron chi connectivity index (χ3n) is 3.11. The quantitative estimate of drug-likeness (QED) is 0.900. The Bertz CT molecular complexity index is 560. The van der Waals surface area contributed by atoms with Gasteiger partial charge in [-0.25, -0.2) is 0 Å². The molecule has 19 heavy (non-hydrogen) atoms. The lowest BCUT2D eigenvalue weighted by Gasteiger charge is -2.12. The van der Waals surface area contributed by atoms with Crippen molar-refractivity contribution in [3.8, 4) is 0 Å². The molecule has 0 saturated carbocycles. The Balaban J connectivity index is 1.96. The van der Waals surface area contributed by atoms with Crippen molar-refractivity contribution in [2.24, 2.45) is 5.73 Å². The molecule has 0 saturated heterocycles. The van der Waals surface area contributed by atoms with E-state index in [1.165, 1.54) is 10.4 Å². The van der Waals surface area contributed by atoms with E-state index in [4.69, 9.17) is 5.73 Å². The van der Waals surface area contributed by atoms with Crippen LogP contribution in [0.3, 0.4) is 0 Å². The number of hydrogen-bond donors (Lipinski definition) is 2. The largest absolute Gasteiger partial charge is 0.350 e. The molecule has 1 atom stereocenters. The van der Waals surface area contributed by atoms with E-state index in [9.17, 15) is 4.79 Å². The molecular weight excluding hydrogens is 256 g/mol. The average molecular weight is 274 g/mol. The molecule has 4 heteroatoms. The summed E-state index contributed by atoms with van der Waals surface area (Å²) >= 11 is 1.65. The van der Waals surface area contributed by atoms with Crippen molar-refractivity contribution in [1.82, 2.24) is 5.32 Å². The van der Waals surface area contributed by atoms with Crippen LogP contribution in [0.25, 0.3) is 0 Å². The van der Waals surface area contributed by atoms with Crippen LogP contribution in [0.4, 0.5) is 0 Å². The van der Waals surface area contributed by atoms with E-state index in [2.05, 4.69) is 5.32 Å². The lowest BCUT2D eigenvalue weighted by atomic mass is 10.1. The van der Waals surface area contributed by atoms with E-state index < -0.39 is 6.04 Å². The summed E-state index contributed by atoms with van der Waals surface area (Å²) in [6, 6.07) is 9.16. The fourth-order valence-electron chi connectivity index (χ4n) is 1.79. The second-order valence-corrected chi connectivity index (χ2v) is 5.63. The number of amides is 1. The molecule has 0 aliphatic heterocycles. The van der Waals surface area contributed by atoms with E-state index in [1.54, 1.807) is 11.3 Å². The minimum atomic E-state index is -0.610. The monoisotopic (exact) mass is 274 g/mol. The number of aryl methyl sites for hydroxylation is 2. The normalized spacial score (nSPS) is 12.2. The molecule has 2 rings (SSSR count). The maximum Gasteiger partial charge on any atom is 0.241 e. The molecule has 0 bridgehead atoms. The van der Waals surface area contributed by atoms with Gasteiger partial charge in [-0.15, -0.1) is 11.3 Å². The minimum Gasteiger partial charge on any atom is -0.350 e. The maximum absolute atomic E-state index is 12.0. The minimum absolute atomic E-state index is 0.142. The molecule has 1 aromatic carbocycles. The first-order valence-corrected chi connectivity index (χ1v) is 7.08. The standard InChI is InChI=1S/C15H18N2OS/c1-10-3-5-12(6-4-10)14(16)15(18)17-9-13-11(2)7-8-19-13/h3-8,14H,9,16H2,1-2H3,(H,17,18). The number of rotatable bonds is 4. The van der Waals surface area contributed by atoms with Crippen LogP contribution < -0.4 is 11.1 Å². The first-order valence-electron chi connectivity index (χ1n) is 6.21. The average Bonchev–Trinajstić information content (AvgIpc) is 2.81. The van der Waals surface area contributed by atoms with Gasteiger partial charge in [0.25, 0.3) is 0 Å². The van der Waals surface area contributed by atoms with Crippen LogP contribution in [0, 0.1) is 13.8 Å². The van der Waals surface area contributed by atoms with Gasteiger partial charge in [-0.05, 0) is 36.4 Å². The van der Waals surface area contributed by atoms with Gasteiger partial charge in [0.15, 0.2) is 0 Å². The van der Waals surface area contributed by atoms with Crippen LogP contribution in [0.2, 0.25) is 0 Å². The molecular formula is C15H18N2OS. The Morgan fingerprint density at radius 3 is 2.53 bits per heavy atom. The van der Waals surface area contributed by atoms with Gasteiger partial charge in [0.05, 0.1) is 6.54 Å². The number of hydrogen-bond acceptors (Lipinski definition) is 3. The van der Waals surface area contributed by atoms with Gasteiger partial charge in [-0.2, -0.15) is 0 Å². The van der Waals surface area contributed by atoms with Gasteiger partial charge in [0.1, 0.15) is 6.04 Å². The van der Waals surface area contributed by atoms with E-state index in [0.29, 0.717) is 6.54 Å². The van der Waals surface area contributed by atoms with Crippen LogP contribution in [0.5, 0.6) is 0 Å². The third-order valence-corrected chi connectivity index (χ3v) is 4.13. The predicted octanol–water partition coefficient (Wildman–Crippen LogP) is 2.68. The van der Waals surface area contributed by atoms with E-state index >= 15 is 0 Å². The second kappa shape index (κ2) is 5.99. The Morgan fingerprint density at radius 2 is 1.95 bits per heavy atom. The zero-order valence-corrected chi connectivity index (χ0v) is 12.0. The van der Waals surface area contributed by atoms with Crippen molar-refractivity contribution in [2.45, 2.75) is 26.4 Å². The first-order chi connectivity index (χ1) is 9.08. The molecule has 3 N–H and O–H groups in total. The summed E-state index contributed by atoms with van der Waals surface area (Å²) < 4.78 is 0. The molecule has 0 aliphatic carbocycles. The topological polar surface area (TPSA) is 55.1 Å². The van der Waals surface area contributed by atoms with Crippen LogP contribution in [0.15, 0.2) is 35.7 Å². The van der Waals surface area contributed by atoms with E-state index in [1.807, 2.05) is 49.6 Å². The fourth-order valence-corrected chi connectivity index (χ4v) is 2.63. The Kier molecular flexibility index (Phi) is 4.35. The Labute approximate surface area is 117 Å². The van der Waals surface area contributed by atoms with Gasteiger partial charge in [-0.1, -0.05) is 29.8 Å². The molecule has 0 radical (unpaired) electrons. The summed E-state index contributed by atoms with van der Waals surface area (Å²) in [6.45, 7) is 4.59. The first kappa shape index (κ1) is 13.8. The summed E-state index contributed by atoms with van der Waals surface area (Å²) in [6.07, 6.45) is 0. The molecule has 0 spiro atoms. The molecule has 0 aliphatic rings. The molecule has 1 amide bonds. The maximum atomic E-state index is 12.0. The summed E-state index contributed by atoms with van der Waals surface area (Å²) in [5.41, 5.74) is 9.16. The second-order valence-electron chi connectivity index (χ2n) is 4.63. The highest BCUT2D eigenvalue weighted by Gasteiger charge is 2.15. The molecule has 1 heterocycles. The number of nitrogens with two attached hydrogens (primary N) is 1. The molecule has 0 fully saturated rings. The van der Waals surface area contributed by atoms with Crippen molar-refractivity contribution in [3.63, 3.8) is 0 Å². The molecule has 2 aromatic rings. The summed E-state index contributed by atoms with van der Waals surface area (Å²) in [4.78, 5) is 13.2. The third kappa shape index (κ3) is 3.43. The zero-order chi connectivity index (χ0) is 13.8. The SMILES string of the molecule is Cc1ccc(C(N)C(=O)NCc2sccc2C)cc1. The number of benzene rings is 1. The highest BCUT2D eigenvalue weighted by molar-refractivity contribution is 7.10. The van der Waals surface area contributed by atoms with Gasteiger partial charge in [-0.3, -0.25) is 4.79 Å². The van der Waals surface area contributed by atoms with Crippen molar-refractivity contribution < 1.29 is 4.79 Å². The van der Waals surface area contributed by atoms with Crippen molar-refractivity contribution in [2.75, 3.05) is 0 Å². The number of nitrogens with one attached hydrogen (secondary N) is 1.